The monoisotopic (exact) mass is 199 g/mol. The van der Waals surface area contributed by atoms with Crippen LogP contribution in [0.2, 0.25) is 0 Å². The molecule has 80 valence electrons. The molecule has 1 saturated heterocycles. The fourth-order valence-electron chi connectivity index (χ4n) is 1.67. The lowest BCUT2D eigenvalue weighted by Crippen LogP contribution is -2.39. The summed E-state index contributed by atoms with van der Waals surface area (Å²) in [5, 5.41) is 8.87. The normalized spacial score (nSPS) is 22.1. The Kier molecular flexibility index (Phi) is 3.49. The summed E-state index contributed by atoms with van der Waals surface area (Å²) in [6.45, 7) is 4.71. The van der Waals surface area contributed by atoms with Crippen molar-refractivity contribution in [3.63, 3.8) is 0 Å². The third kappa shape index (κ3) is 2.47. The molecule has 1 heterocycles. The smallest absolute Gasteiger partial charge is 0.326 e. The average molecular weight is 199 g/mol. The van der Waals surface area contributed by atoms with Crippen molar-refractivity contribution in [3.8, 4) is 0 Å². The molecule has 1 amide bonds. The minimum Gasteiger partial charge on any atom is -0.480 e. The Morgan fingerprint density at radius 3 is 2.79 bits per heavy atom. The van der Waals surface area contributed by atoms with Crippen LogP contribution in [0.25, 0.3) is 0 Å². The molecule has 0 aromatic heterocycles. The first-order valence-corrected chi connectivity index (χ1v) is 5.04. The molecule has 1 fully saturated rings. The number of rotatable bonds is 4. The first-order chi connectivity index (χ1) is 6.52. The molecule has 0 aliphatic carbocycles. The summed E-state index contributed by atoms with van der Waals surface area (Å²) in [5.74, 6) is -0.393. The number of carbonyl (C=O) groups is 2. The number of hydrogen-bond donors (Lipinski definition) is 1. The van der Waals surface area contributed by atoms with Gasteiger partial charge in [0.1, 0.15) is 6.04 Å². The van der Waals surface area contributed by atoms with Gasteiger partial charge in [0.25, 0.3) is 0 Å². The van der Waals surface area contributed by atoms with E-state index < -0.39 is 12.0 Å². The molecule has 0 aromatic carbocycles. The summed E-state index contributed by atoms with van der Waals surface area (Å²) in [6.07, 6.45) is 1.72. The minimum atomic E-state index is -0.875. The van der Waals surface area contributed by atoms with Crippen LogP contribution in [0.15, 0.2) is 0 Å². The van der Waals surface area contributed by atoms with Crippen molar-refractivity contribution in [1.29, 1.82) is 0 Å². The lowest BCUT2D eigenvalue weighted by atomic mass is 10.1. The zero-order valence-corrected chi connectivity index (χ0v) is 8.69. The van der Waals surface area contributed by atoms with Gasteiger partial charge in [0, 0.05) is 13.0 Å². The van der Waals surface area contributed by atoms with Crippen LogP contribution in [0.5, 0.6) is 0 Å². The fraction of sp³-hybridized carbons (Fsp3) is 0.800. The molecule has 1 unspecified atom stereocenters. The van der Waals surface area contributed by atoms with Gasteiger partial charge in [-0.1, -0.05) is 13.8 Å². The van der Waals surface area contributed by atoms with E-state index in [1.807, 2.05) is 0 Å². The zero-order chi connectivity index (χ0) is 10.7. The van der Waals surface area contributed by atoms with E-state index in [2.05, 4.69) is 13.8 Å². The van der Waals surface area contributed by atoms with Crippen LogP contribution in [0.4, 0.5) is 0 Å². The largest absolute Gasteiger partial charge is 0.480 e. The zero-order valence-electron chi connectivity index (χ0n) is 8.69. The molecule has 4 heteroatoms. The van der Waals surface area contributed by atoms with E-state index in [0.717, 1.165) is 6.42 Å². The van der Waals surface area contributed by atoms with Crippen LogP contribution in [0.1, 0.15) is 33.1 Å². The third-order valence-electron chi connectivity index (χ3n) is 2.56. The predicted molar refractivity (Wildman–Crippen MR) is 51.8 cm³/mol. The van der Waals surface area contributed by atoms with Gasteiger partial charge in [-0.2, -0.15) is 0 Å². The molecule has 0 aromatic rings. The van der Waals surface area contributed by atoms with Crippen molar-refractivity contribution < 1.29 is 14.7 Å². The number of likely N-dealkylation sites (tertiary alicyclic amines) is 1. The topological polar surface area (TPSA) is 57.6 Å². The van der Waals surface area contributed by atoms with Crippen molar-refractivity contribution >= 4 is 11.9 Å². The van der Waals surface area contributed by atoms with Crippen molar-refractivity contribution in [2.75, 3.05) is 6.54 Å². The second-order valence-electron chi connectivity index (χ2n) is 4.16. The van der Waals surface area contributed by atoms with E-state index in [1.165, 1.54) is 4.90 Å². The maximum Gasteiger partial charge on any atom is 0.326 e. The van der Waals surface area contributed by atoms with Crippen LogP contribution >= 0.6 is 0 Å². The summed E-state index contributed by atoms with van der Waals surface area (Å²) >= 11 is 0. The van der Waals surface area contributed by atoms with Gasteiger partial charge >= 0.3 is 5.97 Å². The Morgan fingerprint density at radius 2 is 2.29 bits per heavy atom. The number of carbonyl (C=O) groups excluding carboxylic acids is 1. The van der Waals surface area contributed by atoms with E-state index in [0.29, 0.717) is 25.3 Å². The highest BCUT2D eigenvalue weighted by Crippen LogP contribution is 2.19. The fourth-order valence-corrected chi connectivity index (χ4v) is 1.67. The van der Waals surface area contributed by atoms with Crippen molar-refractivity contribution in [2.24, 2.45) is 5.92 Å². The molecule has 1 aliphatic heterocycles. The van der Waals surface area contributed by atoms with Crippen LogP contribution in [-0.4, -0.2) is 34.5 Å². The second kappa shape index (κ2) is 4.44. The number of amides is 1. The van der Waals surface area contributed by atoms with Gasteiger partial charge in [-0.3, -0.25) is 4.79 Å². The van der Waals surface area contributed by atoms with E-state index in [4.69, 9.17) is 5.11 Å². The molecule has 14 heavy (non-hydrogen) atoms. The standard InChI is InChI=1S/C10H17NO3/c1-7(2)5-6-11-8(10(13)14)3-4-9(11)12/h7-8H,3-6H2,1-2H3,(H,13,14). The summed E-state index contributed by atoms with van der Waals surface area (Å²) < 4.78 is 0. The summed E-state index contributed by atoms with van der Waals surface area (Å²) in [6, 6.07) is -0.582. The van der Waals surface area contributed by atoms with Gasteiger partial charge in [-0.15, -0.1) is 0 Å². The molecule has 1 N–H and O–H groups in total. The molecule has 1 atom stereocenters. The molecule has 0 saturated carbocycles. The Balaban J connectivity index is 2.54. The van der Waals surface area contributed by atoms with E-state index in [9.17, 15) is 9.59 Å². The van der Waals surface area contributed by atoms with E-state index in [1.54, 1.807) is 0 Å². The lowest BCUT2D eigenvalue weighted by molar-refractivity contribution is -0.146. The summed E-state index contributed by atoms with van der Waals surface area (Å²) in [4.78, 5) is 23.7. The van der Waals surface area contributed by atoms with Crippen molar-refractivity contribution in [3.05, 3.63) is 0 Å². The highest BCUT2D eigenvalue weighted by Gasteiger charge is 2.35. The van der Waals surface area contributed by atoms with Crippen molar-refractivity contribution in [2.45, 2.75) is 39.2 Å². The molecule has 0 bridgehead atoms. The van der Waals surface area contributed by atoms with Gasteiger partial charge in [0.05, 0.1) is 0 Å². The molecule has 4 nitrogen and oxygen atoms in total. The predicted octanol–water partition coefficient (Wildman–Crippen LogP) is 1.11. The van der Waals surface area contributed by atoms with E-state index in [-0.39, 0.29) is 5.91 Å². The first-order valence-electron chi connectivity index (χ1n) is 5.04. The quantitative estimate of drug-likeness (QED) is 0.737. The highest BCUT2D eigenvalue weighted by atomic mass is 16.4. The maximum atomic E-state index is 11.4. The average Bonchev–Trinajstić information content (AvgIpc) is 2.43. The number of carboxylic acids is 1. The summed E-state index contributed by atoms with van der Waals surface area (Å²) in [7, 11) is 0. The van der Waals surface area contributed by atoms with Crippen LogP contribution in [0, 0.1) is 5.92 Å². The summed E-state index contributed by atoms with van der Waals surface area (Å²) in [5.41, 5.74) is 0. The maximum absolute atomic E-state index is 11.4. The number of nitrogens with zero attached hydrogens (tertiary/aromatic N) is 1. The molecule has 0 spiro atoms. The number of aliphatic carboxylic acids is 1. The van der Waals surface area contributed by atoms with Gasteiger partial charge in [-0.05, 0) is 18.8 Å². The first kappa shape index (κ1) is 11.0. The van der Waals surface area contributed by atoms with Gasteiger partial charge in [0.2, 0.25) is 5.91 Å². The number of carboxylic acid groups (broad SMARTS) is 1. The highest BCUT2D eigenvalue weighted by molar-refractivity contribution is 5.87. The number of hydrogen-bond acceptors (Lipinski definition) is 2. The SMILES string of the molecule is CC(C)CCN1C(=O)CCC1C(=O)O. The van der Waals surface area contributed by atoms with Crippen LogP contribution < -0.4 is 0 Å². The Bertz CT molecular complexity index is 238. The molecule has 1 rings (SSSR count). The van der Waals surface area contributed by atoms with Gasteiger partial charge < -0.3 is 10.0 Å². The minimum absolute atomic E-state index is 0.0157. The van der Waals surface area contributed by atoms with Gasteiger partial charge in [-0.25, -0.2) is 4.79 Å². The molecule has 1 aliphatic rings. The molecule has 0 radical (unpaired) electrons. The lowest BCUT2D eigenvalue weighted by Gasteiger charge is -2.22. The Hall–Kier alpha value is -1.06. The van der Waals surface area contributed by atoms with Gasteiger partial charge in [0.15, 0.2) is 0 Å². The Labute approximate surface area is 83.9 Å². The van der Waals surface area contributed by atoms with E-state index >= 15 is 0 Å². The Morgan fingerprint density at radius 1 is 1.64 bits per heavy atom. The van der Waals surface area contributed by atoms with Crippen molar-refractivity contribution in [1.82, 2.24) is 4.90 Å². The molecular weight excluding hydrogens is 182 g/mol. The van der Waals surface area contributed by atoms with Crippen LogP contribution in [0.3, 0.4) is 0 Å². The molecular formula is C10H17NO3. The third-order valence-corrected chi connectivity index (χ3v) is 2.56. The second-order valence-corrected chi connectivity index (χ2v) is 4.16. The van der Waals surface area contributed by atoms with Crippen LogP contribution in [-0.2, 0) is 9.59 Å².